The molecule has 2 unspecified atom stereocenters. The summed E-state index contributed by atoms with van der Waals surface area (Å²) in [6.07, 6.45) is 80.4. The van der Waals surface area contributed by atoms with Gasteiger partial charge in [-0.1, -0.05) is 287 Å². The summed E-state index contributed by atoms with van der Waals surface area (Å²) in [6.45, 7) is 4.87. The van der Waals surface area contributed by atoms with Gasteiger partial charge in [0.15, 0.2) is 0 Å². The van der Waals surface area contributed by atoms with Crippen LogP contribution in [-0.4, -0.2) is 47.4 Å². The molecule has 428 valence electrons. The Kier molecular flexibility index (Phi) is 60.5. The molecule has 0 aromatic heterocycles. The molecule has 0 spiro atoms. The lowest BCUT2D eigenvalue weighted by molar-refractivity contribution is -0.143. The average molecular weight is 1020 g/mol. The maximum atomic E-state index is 12.4. The van der Waals surface area contributed by atoms with Crippen molar-refractivity contribution < 1.29 is 24.5 Å². The number of aliphatic hydroxyl groups is 2. The van der Waals surface area contributed by atoms with Gasteiger partial charge in [-0.05, 0) is 89.9 Å². The van der Waals surface area contributed by atoms with Crippen LogP contribution in [0.5, 0.6) is 0 Å². The third-order valence-electron chi connectivity index (χ3n) is 14.8. The first kappa shape index (κ1) is 70.8. The number of amides is 1. The van der Waals surface area contributed by atoms with Crippen molar-refractivity contribution in [1.29, 1.82) is 0 Å². The van der Waals surface area contributed by atoms with Crippen molar-refractivity contribution >= 4 is 11.9 Å². The van der Waals surface area contributed by atoms with Gasteiger partial charge in [0.25, 0.3) is 0 Å². The minimum atomic E-state index is -0.841. The molecule has 0 aliphatic rings. The van der Waals surface area contributed by atoms with E-state index in [4.69, 9.17) is 4.74 Å². The summed E-state index contributed by atoms with van der Waals surface area (Å²) in [5.41, 5.74) is 0. The van der Waals surface area contributed by atoms with Gasteiger partial charge in [0, 0.05) is 12.8 Å². The Hall–Kier alpha value is -2.18. The quantitative estimate of drug-likeness (QED) is 0.0320. The summed E-state index contributed by atoms with van der Waals surface area (Å²) in [6, 6.07) is -0.625. The summed E-state index contributed by atoms with van der Waals surface area (Å²) in [7, 11) is 0. The van der Waals surface area contributed by atoms with E-state index in [1.807, 2.05) is 6.08 Å². The van der Waals surface area contributed by atoms with Gasteiger partial charge >= 0.3 is 5.97 Å². The molecule has 0 fully saturated rings. The number of carbonyl (C=O) groups is 2. The first-order valence-electron chi connectivity index (χ1n) is 32.4. The van der Waals surface area contributed by atoms with E-state index in [1.54, 1.807) is 6.08 Å². The molecule has 0 rings (SSSR count). The van der Waals surface area contributed by atoms with E-state index in [0.29, 0.717) is 19.4 Å². The van der Waals surface area contributed by atoms with Crippen LogP contribution in [0.2, 0.25) is 0 Å². The molecule has 0 aromatic rings. The molecule has 2 atom stereocenters. The topological polar surface area (TPSA) is 95.9 Å². The van der Waals surface area contributed by atoms with Crippen LogP contribution in [0.25, 0.3) is 0 Å². The van der Waals surface area contributed by atoms with Crippen LogP contribution in [0.1, 0.15) is 341 Å². The fourth-order valence-electron chi connectivity index (χ4n) is 9.84. The lowest BCUT2D eigenvalue weighted by atomic mass is 10.0. The number of nitrogens with one attached hydrogen (secondary N) is 1. The summed E-state index contributed by atoms with van der Waals surface area (Å²) < 4.78 is 5.47. The fraction of sp³-hybridized carbons (Fsp3) is 0.851. The minimum Gasteiger partial charge on any atom is -0.466 e. The van der Waals surface area contributed by atoms with Crippen LogP contribution >= 0.6 is 0 Å². The zero-order chi connectivity index (χ0) is 52.9. The Morgan fingerprint density at radius 3 is 1.07 bits per heavy atom. The number of hydrogen-bond donors (Lipinski definition) is 3. The van der Waals surface area contributed by atoms with E-state index in [0.717, 1.165) is 51.4 Å². The van der Waals surface area contributed by atoms with Crippen molar-refractivity contribution in [2.45, 2.75) is 353 Å². The fourth-order valence-corrected chi connectivity index (χ4v) is 9.84. The van der Waals surface area contributed by atoms with Crippen molar-refractivity contribution in [3.05, 3.63) is 48.6 Å². The molecular formula is C67H125NO5. The monoisotopic (exact) mass is 1020 g/mol. The summed E-state index contributed by atoms with van der Waals surface area (Å²) in [4.78, 5) is 24.4. The predicted molar refractivity (Wildman–Crippen MR) is 319 cm³/mol. The first-order valence-corrected chi connectivity index (χ1v) is 32.4. The van der Waals surface area contributed by atoms with Crippen LogP contribution in [0.15, 0.2) is 48.6 Å². The number of unbranched alkanes of at least 4 members (excludes halogenated alkanes) is 43. The molecule has 0 bridgehead atoms. The summed E-state index contributed by atoms with van der Waals surface area (Å²) in [5, 5.41) is 23.0. The Balaban J connectivity index is 3.38. The van der Waals surface area contributed by atoms with Gasteiger partial charge in [-0.2, -0.15) is 0 Å². The molecular weight excluding hydrogens is 899 g/mol. The Morgan fingerprint density at radius 1 is 0.384 bits per heavy atom. The number of carbonyl (C=O) groups excluding carboxylic acids is 2. The summed E-state index contributed by atoms with van der Waals surface area (Å²) in [5.74, 6) is -0.0633. The number of ether oxygens (including phenoxy) is 1. The van der Waals surface area contributed by atoms with Crippen LogP contribution in [0, 0.1) is 0 Å². The van der Waals surface area contributed by atoms with E-state index in [1.165, 1.54) is 263 Å². The van der Waals surface area contributed by atoms with Crippen molar-refractivity contribution in [3.8, 4) is 0 Å². The lowest BCUT2D eigenvalue weighted by Gasteiger charge is -2.20. The van der Waals surface area contributed by atoms with Crippen molar-refractivity contribution in [1.82, 2.24) is 5.32 Å². The molecule has 1 amide bonds. The molecule has 6 nitrogen and oxygen atoms in total. The predicted octanol–water partition coefficient (Wildman–Crippen LogP) is 20.5. The summed E-state index contributed by atoms with van der Waals surface area (Å²) >= 11 is 0. The van der Waals surface area contributed by atoms with E-state index in [-0.39, 0.29) is 18.5 Å². The van der Waals surface area contributed by atoms with Crippen LogP contribution in [0.4, 0.5) is 0 Å². The van der Waals surface area contributed by atoms with Gasteiger partial charge in [-0.3, -0.25) is 9.59 Å². The zero-order valence-electron chi connectivity index (χ0n) is 48.9. The van der Waals surface area contributed by atoms with Crippen LogP contribution in [0.3, 0.4) is 0 Å². The average Bonchev–Trinajstić information content (AvgIpc) is 3.39. The normalized spacial score (nSPS) is 12.9. The van der Waals surface area contributed by atoms with Gasteiger partial charge in [-0.15, -0.1) is 0 Å². The number of aliphatic hydroxyl groups excluding tert-OH is 2. The van der Waals surface area contributed by atoms with Crippen molar-refractivity contribution in [2.24, 2.45) is 0 Å². The molecule has 0 aliphatic carbocycles. The molecule has 0 radical (unpaired) electrons. The maximum Gasteiger partial charge on any atom is 0.305 e. The number of allylic oxidation sites excluding steroid dienone is 7. The van der Waals surface area contributed by atoms with Gasteiger partial charge in [0.05, 0.1) is 25.4 Å². The Morgan fingerprint density at radius 2 is 0.685 bits per heavy atom. The van der Waals surface area contributed by atoms with Gasteiger partial charge in [0.1, 0.15) is 0 Å². The third-order valence-corrected chi connectivity index (χ3v) is 14.8. The maximum absolute atomic E-state index is 12.4. The Labute approximate surface area is 455 Å². The minimum absolute atomic E-state index is 0.00430. The molecule has 73 heavy (non-hydrogen) atoms. The first-order chi connectivity index (χ1) is 36.0. The van der Waals surface area contributed by atoms with E-state index in [2.05, 4.69) is 55.6 Å². The second-order valence-electron chi connectivity index (χ2n) is 22.1. The molecule has 0 aromatic carbocycles. The van der Waals surface area contributed by atoms with Crippen molar-refractivity contribution in [3.63, 3.8) is 0 Å². The zero-order valence-corrected chi connectivity index (χ0v) is 48.9. The van der Waals surface area contributed by atoms with E-state index >= 15 is 0 Å². The highest BCUT2D eigenvalue weighted by Gasteiger charge is 2.18. The largest absolute Gasteiger partial charge is 0.466 e. The number of rotatable bonds is 60. The number of hydrogen-bond acceptors (Lipinski definition) is 5. The highest BCUT2D eigenvalue weighted by Crippen LogP contribution is 2.17. The molecule has 0 saturated carbocycles. The molecule has 6 heteroatoms. The van der Waals surface area contributed by atoms with Gasteiger partial charge < -0.3 is 20.3 Å². The van der Waals surface area contributed by atoms with E-state index in [9.17, 15) is 19.8 Å². The van der Waals surface area contributed by atoms with Crippen molar-refractivity contribution in [2.75, 3.05) is 13.2 Å². The van der Waals surface area contributed by atoms with E-state index < -0.39 is 12.1 Å². The smallest absolute Gasteiger partial charge is 0.305 e. The molecule has 0 heterocycles. The van der Waals surface area contributed by atoms with Gasteiger partial charge in [0.2, 0.25) is 5.91 Å². The molecule has 0 aliphatic heterocycles. The number of esters is 1. The molecule has 0 saturated heterocycles. The molecule has 3 N–H and O–H groups in total. The van der Waals surface area contributed by atoms with Gasteiger partial charge in [-0.25, -0.2) is 0 Å². The highest BCUT2D eigenvalue weighted by molar-refractivity contribution is 5.76. The third kappa shape index (κ3) is 58.9. The highest BCUT2D eigenvalue weighted by atomic mass is 16.5. The SMILES string of the molecule is CCCCCC/C=C\CCCCCCCC(=O)OCCCCCCCCCCC/C=C\C/C=C\CCCCCCCCCCCCCCCCCCCC(=O)NC(CO)C(O)/C=C/CCCCCCCCCC. The second kappa shape index (κ2) is 62.4. The second-order valence-corrected chi connectivity index (χ2v) is 22.1. The van der Waals surface area contributed by atoms with Crippen LogP contribution < -0.4 is 5.32 Å². The van der Waals surface area contributed by atoms with Crippen LogP contribution in [-0.2, 0) is 14.3 Å². The lowest BCUT2D eigenvalue weighted by Crippen LogP contribution is -2.45. The Bertz CT molecular complexity index is 1230. The standard InChI is InChI=1S/C67H125NO5/c1-3-5-7-9-11-13-15-37-41-45-49-53-57-61-67(72)73-62-58-54-50-46-42-39-36-34-32-30-28-26-24-22-20-18-16-17-19-21-23-25-27-29-31-33-35-38-40-44-48-52-56-60-66(71)68-64(63-69)65(70)59-55-51-47-43-14-12-10-8-6-4-2/h13,15,20,22,26,28,55,59,64-65,69-70H,3-12,14,16-19,21,23-25,27,29-54,56-58,60-63H2,1-2H3,(H,68,71)/b15-13-,22-20-,28-26-,59-55+.